The van der Waals surface area contributed by atoms with E-state index < -0.39 is 0 Å². The highest BCUT2D eigenvalue weighted by molar-refractivity contribution is 5.52. The third-order valence-electron chi connectivity index (χ3n) is 1.72. The number of rotatable bonds is 2. The van der Waals surface area contributed by atoms with Crippen LogP contribution in [-0.4, -0.2) is 17.3 Å². The van der Waals surface area contributed by atoms with Gasteiger partial charge in [0.05, 0.1) is 7.11 Å². The van der Waals surface area contributed by atoms with E-state index >= 15 is 0 Å². The highest BCUT2D eigenvalue weighted by Crippen LogP contribution is 2.36. The Balaban J connectivity index is 3.18. The van der Waals surface area contributed by atoms with Crippen LogP contribution in [-0.2, 0) is 6.42 Å². The van der Waals surface area contributed by atoms with E-state index in [1.54, 1.807) is 12.1 Å². The van der Waals surface area contributed by atoms with Crippen LogP contribution in [0.4, 0.5) is 0 Å². The second-order valence-corrected chi connectivity index (χ2v) is 2.52. The molecule has 0 aliphatic carbocycles. The number of benzene rings is 1. The molecular formula is C9H12O3. The van der Waals surface area contributed by atoms with Crippen molar-refractivity contribution in [1.82, 2.24) is 0 Å². The van der Waals surface area contributed by atoms with Crippen LogP contribution in [0.3, 0.4) is 0 Å². The van der Waals surface area contributed by atoms with Gasteiger partial charge in [0.2, 0.25) is 5.75 Å². The molecule has 0 atom stereocenters. The van der Waals surface area contributed by atoms with Gasteiger partial charge in [0.15, 0.2) is 11.5 Å². The van der Waals surface area contributed by atoms with Crippen LogP contribution >= 0.6 is 0 Å². The molecule has 1 aromatic carbocycles. The molecule has 0 spiro atoms. The summed E-state index contributed by atoms with van der Waals surface area (Å²) in [6, 6.07) is 3.16. The smallest absolute Gasteiger partial charge is 0.202 e. The van der Waals surface area contributed by atoms with Gasteiger partial charge in [0, 0.05) is 0 Å². The van der Waals surface area contributed by atoms with Crippen LogP contribution in [0.25, 0.3) is 0 Å². The van der Waals surface area contributed by atoms with Crippen LogP contribution in [0.2, 0.25) is 0 Å². The molecule has 0 unspecified atom stereocenters. The normalized spacial score (nSPS) is 9.83. The summed E-state index contributed by atoms with van der Waals surface area (Å²) in [5.74, 6) is 0.0934. The minimum absolute atomic E-state index is 0.0191. The summed E-state index contributed by atoms with van der Waals surface area (Å²) in [6.07, 6.45) is 0.769. The fraction of sp³-hybridized carbons (Fsp3) is 0.333. The van der Waals surface area contributed by atoms with Gasteiger partial charge < -0.3 is 14.9 Å². The highest BCUT2D eigenvalue weighted by Gasteiger charge is 2.08. The minimum atomic E-state index is -0.0191. The second kappa shape index (κ2) is 3.34. The van der Waals surface area contributed by atoms with E-state index in [0.717, 1.165) is 12.0 Å². The Kier molecular flexibility index (Phi) is 2.43. The van der Waals surface area contributed by atoms with E-state index in [9.17, 15) is 10.2 Å². The maximum atomic E-state index is 9.32. The first-order valence-corrected chi connectivity index (χ1v) is 3.77. The maximum absolute atomic E-state index is 9.32. The molecule has 0 aliphatic heterocycles. The molecule has 0 saturated carbocycles. The van der Waals surface area contributed by atoms with Crippen molar-refractivity contribution in [3.63, 3.8) is 0 Å². The quantitative estimate of drug-likeness (QED) is 0.706. The highest BCUT2D eigenvalue weighted by atomic mass is 16.5. The van der Waals surface area contributed by atoms with E-state index in [1.807, 2.05) is 6.92 Å². The molecule has 0 radical (unpaired) electrons. The van der Waals surface area contributed by atoms with Crippen LogP contribution in [0.15, 0.2) is 12.1 Å². The molecule has 0 heterocycles. The first-order valence-electron chi connectivity index (χ1n) is 3.77. The van der Waals surface area contributed by atoms with Gasteiger partial charge in [-0.2, -0.15) is 0 Å². The summed E-state index contributed by atoms with van der Waals surface area (Å²) in [6.45, 7) is 1.95. The zero-order valence-electron chi connectivity index (χ0n) is 7.16. The first-order chi connectivity index (χ1) is 5.69. The van der Waals surface area contributed by atoms with Gasteiger partial charge in [0.25, 0.3) is 0 Å². The second-order valence-electron chi connectivity index (χ2n) is 2.52. The number of ether oxygens (including phenoxy) is 1. The number of phenolic OH excluding ortho intramolecular Hbond substituents is 2. The minimum Gasteiger partial charge on any atom is -0.504 e. The monoisotopic (exact) mass is 168 g/mol. The SMILES string of the molecule is CCc1cc(O)c(OC)c(O)c1. The molecular weight excluding hydrogens is 156 g/mol. The summed E-state index contributed by atoms with van der Waals surface area (Å²) in [4.78, 5) is 0. The van der Waals surface area contributed by atoms with Gasteiger partial charge in [-0.05, 0) is 24.1 Å². The third-order valence-corrected chi connectivity index (χ3v) is 1.72. The van der Waals surface area contributed by atoms with E-state index in [2.05, 4.69) is 0 Å². The lowest BCUT2D eigenvalue weighted by molar-refractivity contribution is 0.344. The van der Waals surface area contributed by atoms with E-state index in [-0.39, 0.29) is 17.2 Å². The van der Waals surface area contributed by atoms with Gasteiger partial charge in [-0.25, -0.2) is 0 Å². The van der Waals surface area contributed by atoms with Crippen molar-refractivity contribution in [2.24, 2.45) is 0 Å². The predicted octanol–water partition coefficient (Wildman–Crippen LogP) is 1.67. The predicted molar refractivity (Wildman–Crippen MR) is 45.7 cm³/mol. The lowest BCUT2D eigenvalue weighted by Gasteiger charge is -2.07. The third kappa shape index (κ3) is 1.44. The molecule has 0 saturated heterocycles. The average Bonchev–Trinajstić information content (AvgIpc) is 2.03. The van der Waals surface area contributed by atoms with Crippen LogP contribution in [0.5, 0.6) is 17.2 Å². The average molecular weight is 168 g/mol. The van der Waals surface area contributed by atoms with Crippen LogP contribution < -0.4 is 4.74 Å². The molecule has 0 bridgehead atoms. The molecule has 1 aromatic rings. The lowest BCUT2D eigenvalue weighted by atomic mass is 10.1. The molecule has 0 aromatic heterocycles. The summed E-state index contributed by atoms with van der Waals surface area (Å²) >= 11 is 0. The van der Waals surface area contributed by atoms with Crippen molar-refractivity contribution < 1.29 is 14.9 Å². The van der Waals surface area contributed by atoms with Gasteiger partial charge >= 0.3 is 0 Å². The van der Waals surface area contributed by atoms with Gasteiger partial charge in [-0.1, -0.05) is 6.92 Å². The van der Waals surface area contributed by atoms with Crippen molar-refractivity contribution in [2.75, 3.05) is 7.11 Å². The molecule has 1 rings (SSSR count). The first kappa shape index (κ1) is 8.71. The Morgan fingerprint density at radius 1 is 1.25 bits per heavy atom. The number of phenols is 2. The van der Waals surface area contributed by atoms with Crippen molar-refractivity contribution in [3.05, 3.63) is 17.7 Å². The number of hydrogen-bond acceptors (Lipinski definition) is 3. The van der Waals surface area contributed by atoms with Crippen molar-refractivity contribution in [2.45, 2.75) is 13.3 Å². The Hall–Kier alpha value is -1.38. The fourth-order valence-electron chi connectivity index (χ4n) is 1.07. The maximum Gasteiger partial charge on any atom is 0.202 e. The molecule has 0 amide bonds. The van der Waals surface area contributed by atoms with Crippen LogP contribution in [0.1, 0.15) is 12.5 Å². The molecule has 0 fully saturated rings. The fourth-order valence-corrected chi connectivity index (χ4v) is 1.07. The Bertz CT molecular complexity index is 258. The molecule has 66 valence electrons. The van der Waals surface area contributed by atoms with Crippen molar-refractivity contribution >= 4 is 0 Å². The molecule has 12 heavy (non-hydrogen) atoms. The topological polar surface area (TPSA) is 49.7 Å². The summed E-state index contributed by atoms with van der Waals surface area (Å²) in [5, 5.41) is 18.6. The number of hydrogen-bond donors (Lipinski definition) is 2. The van der Waals surface area contributed by atoms with E-state index in [0.29, 0.717) is 0 Å². The van der Waals surface area contributed by atoms with Gasteiger partial charge in [0.1, 0.15) is 0 Å². The number of aryl methyl sites for hydroxylation is 1. The zero-order chi connectivity index (χ0) is 9.14. The summed E-state index contributed by atoms with van der Waals surface area (Å²) < 4.78 is 4.78. The van der Waals surface area contributed by atoms with Crippen LogP contribution in [0, 0.1) is 0 Å². The summed E-state index contributed by atoms with van der Waals surface area (Å²) in [5.41, 5.74) is 0.880. The zero-order valence-corrected chi connectivity index (χ0v) is 7.16. The summed E-state index contributed by atoms with van der Waals surface area (Å²) in [7, 11) is 1.40. The molecule has 2 N–H and O–H groups in total. The van der Waals surface area contributed by atoms with Gasteiger partial charge in [-0.15, -0.1) is 0 Å². The molecule has 0 aliphatic rings. The standard InChI is InChI=1S/C9H12O3/c1-3-6-4-7(10)9(12-2)8(11)5-6/h4-5,10-11H,3H2,1-2H3. The Labute approximate surface area is 71.2 Å². The Morgan fingerprint density at radius 3 is 2.08 bits per heavy atom. The molecule has 3 heteroatoms. The lowest BCUT2D eigenvalue weighted by Crippen LogP contribution is -1.87. The van der Waals surface area contributed by atoms with E-state index in [1.165, 1.54) is 7.11 Å². The molecule has 3 nitrogen and oxygen atoms in total. The van der Waals surface area contributed by atoms with E-state index in [4.69, 9.17) is 4.74 Å². The van der Waals surface area contributed by atoms with Gasteiger partial charge in [-0.3, -0.25) is 0 Å². The Morgan fingerprint density at radius 2 is 1.75 bits per heavy atom. The van der Waals surface area contributed by atoms with Crippen molar-refractivity contribution in [1.29, 1.82) is 0 Å². The number of aromatic hydroxyl groups is 2. The number of methoxy groups -OCH3 is 1. The largest absolute Gasteiger partial charge is 0.504 e. The van der Waals surface area contributed by atoms with Crippen molar-refractivity contribution in [3.8, 4) is 17.2 Å².